The van der Waals surface area contributed by atoms with Gasteiger partial charge in [-0.15, -0.1) is 10.2 Å². The van der Waals surface area contributed by atoms with E-state index in [1.807, 2.05) is 47.9 Å². The smallest absolute Gasteiger partial charge is 0.342 e. The Bertz CT molecular complexity index is 1490. The number of rotatable bonds is 10. The number of carboxylic acids is 1. The summed E-state index contributed by atoms with van der Waals surface area (Å²) < 4.78 is 14.2. The molecule has 0 aliphatic rings. The van der Waals surface area contributed by atoms with Gasteiger partial charge in [-0.3, -0.25) is 0 Å². The lowest BCUT2D eigenvalue weighted by atomic mass is 10.2. The molecule has 4 aromatic rings. The highest BCUT2D eigenvalue weighted by Crippen LogP contribution is 2.37. The molecule has 11 heteroatoms. The third kappa shape index (κ3) is 6.63. The van der Waals surface area contributed by atoms with Crippen molar-refractivity contribution >= 4 is 69.6 Å². The Balaban J connectivity index is 1.62. The first kappa shape index (κ1) is 28.3. The average molecular weight is 682 g/mol. The molecule has 4 rings (SSSR count). The molecule has 0 spiro atoms. The van der Waals surface area contributed by atoms with E-state index in [1.54, 1.807) is 30.3 Å². The fraction of sp³-hybridized carbons (Fsp3) is 0.148. The Labute approximate surface area is 247 Å². The Morgan fingerprint density at radius 2 is 1.87 bits per heavy atom. The number of carboxylic acid groups (broad SMARTS) is 1. The molecule has 0 fully saturated rings. The van der Waals surface area contributed by atoms with Crippen molar-refractivity contribution in [3.63, 3.8) is 0 Å². The van der Waals surface area contributed by atoms with Crippen LogP contribution in [0.5, 0.6) is 11.5 Å². The van der Waals surface area contributed by atoms with Crippen molar-refractivity contribution in [2.45, 2.75) is 25.2 Å². The summed E-state index contributed by atoms with van der Waals surface area (Å²) >= 11 is 15.4. The van der Waals surface area contributed by atoms with E-state index in [-0.39, 0.29) is 11.5 Å². The molecule has 0 saturated carbocycles. The van der Waals surface area contributed by atoms with E-state index in [0.717, 1.165) is 26.5 Å². The molecule has 38 heavy (non-hydrogen) atoms. The summed E-state index contributed by atoms with van der Waals surface area (Å²) in [5.41, 5.74) is 2.32. The summed E-state index contributed by atoms with van der Waals surface area (Å²) in [6.45, 7) is 2.77. The van der Waals surface area contributed by atoms with Crippen molar-refractivity contribution in [2.75, 3.05) is 7.11 Å². The molecule has 0 amide bonds. The molecular weight excluding hydrogens is 660 g/mol. The summed E-state index contributed by atoms with van der Waals surface area (Å²) in [6.07, 6.45) is 1.58. The fourth-order valence-corrected chi connectivity index (χ4v) is 5.56. The number of thioether (sulfide) groups is 1. The van der Waals surface area contributed by atoms with Gasteiger partial charge >= 0.3 is 5.97 Å². The molecule has 0 unspecified atom stereocenters. The minimum absolute atomic E-state index is 0.0809. The highest BCUT2D eigenvalue weighted by molar-refractivity contribution is 14.1. The second kappa shape index (κ2) is 12.9. The third-order valence-electron chi connectivity index (χ3n) is 5.43. The van der Waals surface area contributed by atoms with Crippen molar-refractivity contribution in [1.29, 1.82) is 0 Å². The van der Waals surface area contributed by atoms with E-state index < -0.39 is 5.97 Å². The molecule has 0 bridgehead atoms. The second-order valence-electron chi connectivity index (χ2n) is 7.89. The largest absolute Gasteiger partial charge is 0.493 e. The molecule has 0 radical (unpaired) electrons. The Morgan fingerprint density at radius 1 is 1.13 bits per heavy atom. The van der Waals surface area contributed by atoms with Crippen LogP contribution in [0.3, 0.4) is 0 Å². The van der Waals surface area contributed by atoms with Crippen LogP contribution >= 0.6 is 57.6 Å². The third-order valence-corrected chi connectivity index (χ3v) is 7.85. The van der Waals surface area contributed by atoms with Crippen molar-refractivity contribution in [3.8, 4) is 22.9 Å². The van der Waals surface area contributed by atoms with Crippen LogP contribution in [0.15, 0.2) is 70.7 Å². The Morgan fingerprint density at radius 3 is 2.53 bits per heavy atom. The van der Waals surface area contributed by atoms with Crippen LogP contribution in [0.2, 0.25) is 10.0 Å². The lowest BCUT2D eigenvalue weighted by Gasteiger charge is -2.14. The van der Waals surface area contributed by atoms with E-state index in [2.05, 4.69) is 32.8 Å². The summed E-state index contributed by atoms with van der Waals surface area (Å²) in [4.78, 5) is 12.3. The van der Waals surface area contributed by atoms with Crippen molar-refractivity contribution in [3.05, 3.63) is 90.3 Å². The first-order valence-electron chi connectivity index (χ1n) is 11.4. The molecule has 3 aromatic carbocycles. The Hall–Kier alpha value is -2.73. The summed E-state index contributed by atoms with van der Waals surface area (Å²) in [7, 11) is 1.54. The average Bonchev–Trinajstić information content (AvgIpc) is 3.31. The van der Waals surface area contributed by atoms with Crippen molar-refractivity contribution in [1.82, 2.24) is 14.8 Å². The van der Waals surface area contributed by atoms with Crippen LogP contribution in [-0.4, -0.2) is 33.0 Å². The van der Waals surface area contributed by atoms with E-state index in [9.17, 15) is 9.90 Å². The van der Waals surface area contributed by atoms with Gasteiger partial charge in [0.05, 0.1) is 10.7 Å². The number of aromatic nitrogens is 3. The first-order chi connectivity index (χ1) is 18.3. The van der Waals surface area contributed by atoms with Gasteiger partial charge < -0.3 is 19.1 Å². The molecule has 0 atom stereocenters. The van der Waals surface area contributed by atoms with Gasteiger partial charge in [-0.1, -0.05) is 41.4 Å². The number of hydrogen-bond acceptors (Lipinski definition) is 6. The number of aliphatic carboxylic acids is 1. The Kier molecular flexibility index (Phi) is 9.59. The quantitative estimate of drug-likeness (QED) is 0.104. The summed E-state index contributed by atoms with van der Waals surface area (Å²) in [6, 6.07) is 18.3. The van der Waals surface area contributed by atoms with Gasteiger partial charge in [0, 0.05) is 27.7 Å². The minimum atomic E-state index is -1.08. The molecule has 0 saturated heterocycles. The topological polar surface area (TPSA) is 86.5 Å². The molecule has 0 aliphatic heterocycles. The highest BCUT2D eigenvalue weighted by Gasteiger charge is 2.19. The van der Waals surface area contributed by atoms with Gasteiger partial charge in [-0.05, 0) is 95.4 Å². The SMILES string of the molecule is CCn1c(S/C(=C\c2cc(I)c(OCc3ccccc3Cl)c(OC)c2)C(=O)O)nnc1-c1ccc(Cl)cc1. The zero-order valence-electron chi connectivity index (χ0n) is 20.3. The van der Waals surface area contributed by atoms with Crippen molar-refractivity contribution < 1.29 is 19.4 Å². The van der Waals surface area contributed by atoms with Crippen LogP contribution in [0, 0.1) is 3.57 Å². The highest BCUT2D eigenvalue weighted by atomic mass is 127. The number of nitrogens with zero attached hydrogens (tertiary/aromatic N) is 3. The van der Waals surface area contributed by atoms with E-state index >= 15 is 0 Å². The zero-order chi connectivity index (χ0) is 27.2. The van der Waals surface area contributed by atoms with Gasteiger partial charge in [0.25, 0.3) is 0 Å². The monoisotopic (exact) mass is 681 g/mol. The lowest BCUT2D eigenvalue weighted by molar-refractivity contribution is -0.131. The van der Waals surface area contributed by atoms with Crippen LogP contribution < -0.4 is 9.47 Å². The zero-order valence-corrected chi connectivity index (χ0v) is 24.8. The van der Waals surface area contributed by atoms with Crippen LogP contribution in [-0.2, 0) is 17.9 Å². The standard InChI is InChI=1S/C27H22Cl2IN3O4S/c1-3-33-25(17-8-10-19(28)11-9-17)31-32-27(33)38-23(26(34)35)14-16-12-21(30)24(22(13-16)36-2)37-15-18-6-4-5-7-20(18)29/h4-14H,3,15H2,1-2H3,(H,34,35)/b23-14-. The molecule has 196 valence electrons. The van der Waals surface area contributed by atoms with E-state index in [0.29, 0.717) is 44.6 Å². The molecule has 7 nitrogen and oxygen atoms in total. The van der Waals surface area contributed by atoms with Gasteiger partial charge in [0.15, 0.2) is 22.5 Å². The maximum Gasteiger partial charge on any atom is 0.342 e. The van der Waals surface area contributed by atoms with Gasteiger partial charge in [0.1, 0.15) is 11.5 Å². The number of carbonyl (C=O) groups is 1. The van der Waals surface area contributed by atoms with Crippen molar-refractivity contribution in [2.24, 2.45) is 0 Å². The van der Waals surface area contributed by atoms with Gasteiger partial charge in [-0.25, -0.2) is 4.79 Å². The number of hydrogen-bond donors (Lipinski definition) is 1. The number of ether oxygens (including phenoxy) is 2. The van der Waals surface area contributed by atoms with Crippen LogP contribution in [0.1, 0.15) is 18.1 Å². The number of methoxy groups -OCH3 is 1. The number of benzene rings is 3. The summed E-state index contributed by atoms with van der Waals surface area (Å²) in [5.74, 6) is 0.578. The molecular formula is C27H22Cl2IN3O4S. The fourth-order valence-electron chi connectivity index (χ4n) is 3.57. The minimum Gasteiger partial charge on any atom is -0.493 e. The first-order valence-corrected chi connectivity index (χ1v) is 14.0. The normalized spacial score (nSPS) is 11.4. The number of halogens is 3. The molecule has 1 N–H and O–H groups in total. The van der Waals surface area contributed by atoms with Gasteiger partial charge in [-0.2, -0.15) is 0 Å². The predicted molar refractivity (Wildman–Crippen MR) is 159 cm³/mol. The van der Waals surface area contributed by atoms with E-state index in [1.165, 1.54) is 7.11 Å². The van der Waals surface area contributed by atoms with E-state index in [4.69, 9.17) is 32.7 Å². The maximum atomic E-state index is 12.2. The summed E-state index contributed by atoms with van der Waals surface area (Å²) in [5, 5.41) is 20.2. The van der Waals surface area contributed by atoms with Crippen LogP contribution in [0.4, 0.5) is 0 Å². The molecule has 1 aromatic heterocycles. The van der Waals surface area contributed by atoms with Crippen LogP contribution in [0.25, 0.3) is 17.5 Å². The maximum absolute atomic E-state index is 12.2. The molecule has 1 heterocycles. The lowest BCUT2D eigenvalue weighted by Crippen LogP contribution is -2.03. The molecule has 0 aliphatic carbocycles. The van der Waals surface area contributed by atoms with Gasteiger partial charge in [0.2, 0.25) is 0 Å². The predicted octanol–water partition coefficient (Wildman–Crippen LogP) is 7.68. The second-order valence-corrected chi connectivity index (χ2v) is 10.9.